The van der Waals surface area contributed by atoms with Gasteiger partial charge in [0, 0.05) is 12.1 Å². The molecular weight excluding hydrogens is 338 g/mol. The van der Waals surface area contributed by atoms with E-state index in [1.54, 1.807) is 0 Å². The van der Waals surface area contributed by atoms with Crippen molar-refractivity contribution in [3.8, 4) is 0 Å². The Bertz CT molecular complexity index is 543. The van der Waals surface area contributed by atoms with Crippen molar-refractivity contribution in [3.05, 3.63) is 35.9 Å². The van der Waals surface area contributed by atoms with E-state index in [1.807, 2.05) is 11.0 Å². The zero-order chi connectivity index (χ0) is 20.0. The third-order valence-electron chi connectivity index (χ3n) is 5.17. The van der Waals surface area contributed by atoms with Crippen molar-refractivity contribution in [1.82, 2.24) is 4.90 Å². The lowest BCUT2D eigenvalue weighted by atomic mass is 10.0. The highest BCUT2D eigenvalue weighted by Gasteiger charge is 2.48. The summed E-state index contributed by atoms with van der Waals surface area (Å²) in [6.45, 7) is 17.4. The first kappa shape index (κ1) is 22.7. The van der Waals surface area contributed by atoms with Crippen LogP contribution in [0.15, 0.2) is 30.3 Å². The molecule has 1 atom stereocenters. The van der Waals surface area contributed by atoms with Crippen LogP contribution in [0.5, 0.6) is 0 Å². The highest BCUT2D eigenvalue weighted by Crippen LogP contribution is 2.41. The van der Waals surface area contributed by atoms with Gasteiger partial charge in [0.2, 0.25) is 0 Å². The number of carbonyl (C=O) groups is 1. The maximum atomic E-state index is 13.2. The van der Waals surface area contributed by atoms with Crippen LogP contribution in [0.25, 0.3) is 0 Å². The fraction of sp³-hybridized carbons (Fsp3) is 0.682. The van der Waals surface area contributed by atoms with Crippen LogP contribution >= 0.6 is 0 Å². The predicted octanol–water partition coefficient (Wildman–Crippen LogP) is 6.60. The molecule has 26 heavy (non-hydrogen) atoms. The van der Waals surface area contributed by atoms with Gasteiger partial charge in [-0.25, -0.2) is 4.79 Å². The molecular formula is C22H39NO2Si. The standard InChI is InChI=1S/C22H39NO2Si/c1-9-10-14-17-22(26(6,7)8,20-15-12-11-13-16-20)25-21(24)23(18(2)3)19(4)5/h11-13,15-16,18-19H,9-10,14,17H2,1-8H3/t22-/m1/s1. The summed E-state index contributed by atoms with van der Waals surface area (Å²) in [6.07, 6.45) is 4.11. The number of amides is 1. The molecule has 0 fully saturated rings. The van der Waals surface area contributed by atoms with Crippen molar-refractivity contribution >= 4 is 14.2 Å². The first-order valence-electron chi connectivity index (χ1n) is 10.1. The average Bonchev–Trinajstić information content (AvgIpc) is 2.53. The Morgan fingerprint density at radius 2 is 1.58 bits per heavy atom. The smallest absolute Gasteiger partial charge is 0.410 e. The molecule has 0 saturated heterocycles. The number of carbonyl (C=O) groups excluding carboxylic acids is 1. The van der Waals surface area contributed by atoms with Gasteiger partial charge in [0.05, 0.1) is 0 Å². The molecule has 0 aliphatic heterocycles. The average molecular weight is 378 g/mol. The molecule has 0 aliphatic carbocycles. The second-order valence-electron chi connectivity index (χ2n) is 8.86. The summed E-state index contributed by atoms with van der Waals surface area (Å²) >= 11 is 0. The highest BCUT2D eigenvalue weighted by molar-refractivity contribution is 6.78. The van der Waals surface area contributed by atoms with Crippen molar-refractivity contribution in [3.63, 3.8) is 0 Å². The molecule has 0 heterocycles. The highest BCUT2D eigenvalue weighted by atomic mass is 28.3. The lowest BCUT2D eigenvalue weighted by Crippen LogP contribution is -2.55. The maximum Gasteiger partial charge on any atom is 0.410 e. The summed E-state index contributed by atoms with van der Waals surface area (Å²) in [4.78, 5) is 15.1. The third-order valence-corrected chi connectivity index (χ3v) is 8.23. The molecule has 1 rings (SSSR count). The largest absolute Gasteiger partial charge is 0.442 e. The SMILES string of the molecule is CCCCC[C@](OC(=O)N(C(C)C)C(C)C)(c1ccccc1)[Si](C)(C)C. The number of ether oxygens (including phenoxy) is 1. The third kappa shape index (κ3) is 5.35. The monoisotopic (exact) mass is 377 g/mol. The summed E-state index contributed by atoms with van der Waals surface area (Å²) in [5.41, 5.74) is 1.15. The minimum Gasteiger partial charge on any atom is -0.442 e. The van der Waals surface area contributed by atoms with Crippen LogP contribution in [0.2, 0.25) is 19.6 Å². The number of rotatable bonds is 9. The summed E-state index contributed by atoms with van der Waals surface area (Å²) in [5.74, 6) is 0. The van der Waals surface area contributed by atoms with Crippen molar-refractivity contribution in [2.24, 2.45) is 0 Å². The van der Waals surface area contributed by atoms with Gasteiger partial charge < -0.3 is 9.64 Å². The van der Waals surface area contributed by atoms with Gasteiger partial charge in [-0.2, -0.15) is 0 Å². The Labute approximate surface area is 162 Å². The minimum absolute atomic E-state index is 0.119. The van der Waals surface area contributed by atoms with Gasteiger partial charge >= 0.3 is 6.09 Å². The fourth-order valence-electron chi connectivity index (χ4n) is 3.77. The van der Waals surface area contributed by atoms with E-state index < -0.39 is 13.3 Å². The van der Waals surface area contributed by atoms with Crippen LogP contribution in [-0.2, 0) is 9.96 Å². The molecule has 1 aromatic rings. The first-order chi connectivity index (χ1) is 12.1. The van der Waals surface area contributed by atoms with Crippen LogP contribution in [-0.4, -0.2) is 31.2 Å². The molecule has 1 amide bonds. The second kappa shape index (κ2) is 9.59. The van der Waals surface area contributed by atoms with Gasteiger partial charge in [0.1, 0.15) is 13.3 Å². The fourth-order valence-corrected chi connectivity index (χ4v) is 6.12. The molecule has 4 heteroatoms. The van der Waals surface area contributed by atoms with Crippen LogP contribution in [0.1, 0.15) is 65.9 Å². The number of benzene rings is 1. The Morgan fingerprint density at radius 3 is 2.00 bits per heavy atom. The van der Waals surface area contributed by atoms with Crippen molar-refractivity contribution < 1.29 is 9.53 Å². The Hall–Kier alpha value is -1.29. The number of nitrogens with zero attached hydrogens (tertiary/aromatic N) is 1. The summed E-state index contributed by atoms with van der Waals surface area (Å²) < 4.78 is 6.47. The molecule has 0 N–H and O–H groups in total. The Balaban J connectivity index is 3.35. The molecule has 0 radical (unpaired) electrons. The van der Waals surface area contributed by atoms with E-state index in [2.05, 4.69) is 78.5 Å². The Morgan fingerprint density at radius 1 is 1.04 bits per heavy atom. The van der Waals surface area contributed by atoms with E-state index in [0.717, 1.165) is 31.2 Å². The first-order valence-corrected chi connectivity index (χ1v) is 13.6. The van der Waals surface area contributed by atoms with Crippen LogP contribution in [0, 0.1) is 0 Å². The van der Waals surface area contributed by atoms with Gasteiger partial charge in [-0.05, 0) is 46.1 Å². The number of unbranched alkanes of at least 4 members (excludes halogenated alkanes) is 2. The quantitative estimate of drug-likeness (QED) is 0.358. The van der Waals surface area contributed by atoms with Crippen LogP contribution in [0.3, 0.4) is 0 Å². The van der Waals surface area contributed by atoms with Crippen molar-refractivity contribution in [2.45, 2.75) is 97.3 Å². The van der Waals surface area contributed by atoms with Crippen molar-refractivity contribution in [1.29, 1.82) is 0 Å². The molecule has 0 saturated carbocycles. The van der Waals surface area contributed by atoms with E-state index in [0.29, 0.717) is 0 Å². The van der Waals surface area contributed by atoms with Gasteiger partial charge in [0.25, 0.3) is 0 Å². The molecule has 1 aromatic carbocycles. The van der Waals surface area contributed by atoms with E-state index >= 15 is 0 Å². The van der Waals surface area contributed by atoms with Crippen LogP contribution < -0.4 is 0 Å². The molecule has 0 aromatic heterocycles. The number of hydrogen-bond acceptors (Lipinski definition) is 2. The Kier molecular flexibility index (Phi) is 8.39. The molecule has 3 nitrogen and oxygen atoms in total. The van der Waals surface area contributed by atoms with Gasteiger partial charge in [-0.3, -0.25) is 0 Å². The van der Waals surface area contributed by atoms with E-state index in [1.165, 1.54) is 0 Å². The van der Waals surface area contributed by atoms with Gasteiger partial charge in [-0.1, -0.05) is 69.7 Å². The van der Waals surface area contributed by atoms with E-state index in [4.69, 9.17) is 4.74 Å². The molecule has 0 bridgehead atoms. The molecule has 0 unspecified atom stereocenters. The second-order valence-corrected chi connectivity index (χ2v) is 14.2. The van der Waals surface area contributed by atoms with E-state index in [9.17, 15) is 4.79 Å². The molecule has 0 spiro atoms. The summed E-state index contributed by atoms with van der Waals surface area (Å²) in [5, 5.41) is -0.497. The van der Waals surface area contributed by atoms with E-state index in [-0.39, 0.29) is 18.2 Å². The lowest BCUT2D eigenvalue weighted by Gasteiger charge is -2.45. The predicted molar refractivity (Wildman–Crippen MR) is 114 cm³/mol. The lowest BCUT2D eigenvalue weighted by molar-refractivity contribution is 0.0124. The maximum absolute atomic E-state index is 13.2. The topological polar surface area (TPSA) is 29.5 Å². The zero-order valence-corrected chi connectivity index (χ0v) is 19.1. The summed E-state index contributed by atoms with van der Waals surface area (Å²) in [7, 11) is -1.88. The zero-order valence-electron chi connectivity index (χ0n) is 18.1. The van der Waals surface area contributed by atoms with Gasteiger partial charge in [0.15, 0.2) is 0 Å². The van der Waals surface area contributed by atoms with Gasteiger partial charge in [-0.15, -0.1) is 0 Å². The molecule has 0 aliphatic rings. The van der Waals surface area contributed by atoms with Crippen LogP contribution in [0.4, 0.5) is 4.79 Å². The molecule has 148 valence electrons. The minimum atomic E-state index is -1.88. The summed E-state index contributed by atoms with van der Waals surface area (Å²) in [6, 6.07) is 10.6. The van der Waals surface area contributed by atoms with Crippen molar-refractivity contribution in [2.75, 3.05) is 0 Å². The number of hydrogen-bond donors (Lipinski definition) is 0. The normalized spacial score (nSPS) is 14.4.